The van der Waals surface area contributed by atoms with Gasteiger partial charge in [0.15, 0.2) is 0 Å². The number of carbonyl (C=O) groups is 1. The van der Waals surface area contributed by atoms with Crippen molar-refractivity contribution in [3.05, 3.63) is 0 Å². The van der Waals surface area contributed by atoms with E-state index in [-0.39, 0.29) is 0 Å². The van der Waals surface area contributed by atoms with Crippen LogP contribution in [0.15, 0.2) is 0 Å². The van der Waals surface area contributed by atoms with Gasteiger partial charge in [-0.2, -0.15) is 0 Å². The van der Waals surface area contributed by atoms with Gasteiger partial charge in [0.1, 0.15) is 5.78 Å². The fourth-order valence-electron chi connectivity index (χ4n) is 1.91. The summed E-state index contributed by atoms with van der Waals surface area (Å²) >= 11 is 0. The van der Waals surface area contributed by atoms with Gasteiger partial charge in [-0.15, -0.1) is 0 Å². The van der Waals surface area contributed by atoms with E-state index in [1.165, 1.54) is 0 Å². The van der Waals surface area contributed by atoms with Crippen molar-refractivity contribution in [1.82, 2.24) is 0 Å². The first-order valence-electron chi connectivity index (χ1n) is 5.34. The van der Waals surface area contributed by atoms with Gasteiger partial charge in [0.25, 0.3) is 0 Å². The molecule has 1 aliphatic carbocycles. The Labute approximate surface area is 80.3 Å². The second kappa shape index (κ2) is 4.75. The Morgan fingerprint density at radius 2 is 1.54 bits per heavy atom. The molecule has 0 amide bonds. The SMILES string of the molecule is CC1(O)CCCCC(=O)CCCC1. The zero-order chi connectivity index (χ0) is 9.73. The summed E-state index contributed by atoms with van der Waals surface area (Å²) in [5.74, 6) is 0.404. The van der Waals surface area contributed by atoms with E-state index in [1.807, 2.05) is 6.92 Å². The molecule has 0 saturated heterocycles. The lowest BCUT2D eigenvalue weighted by Gasteiger charge is -2.23. The highest BCUT2D eigenvalue weighted by Gasteiger charge is 2.20. The number of aliphatic hydroxyl groups is 1. The molecule has 0 bridgehead atoms. The maximum absolute atomic E-state index is 11.2. The standard InChI is InChI=1S/C11H20O2/c1-11(13)8-4-2-6-10(12)7-3-5-9-11/h13H,2-9H2,1H3. The fraction of sp³-hybridized carbons (Fsp3) is 0.909. The summed E-state index contributed by atoms with van der Waals surface area (Å²) in [7, 11) is 0. The van der Waals surface area contributed by atoms with Crippen molar-refractivity contribution in [2.24, 2.45) is 0 Å². The van der Waals surface area contributed by atoms with Crippen molar-refractivity contribution >= 4 is 5.78 Å². The normalized spacial score (nSPS) is 25.5. The summed E-state index contributed by atoms with van der Waals surface area (Å²) in [6.45, 7) is 1.91. The van der Waals surface area contributed by atoms with Crippen molar-refractivity contribution in [2.75, 3.05) is 0 Å². The summed E-state index contributed by atoms with van der Waals surface area (Å²) in [4.78, 5) is 11.2. The van der Waals surface area contributed by atoms with Crippen LogP contribution in [0.2, 0.25) is 0 Å². The Hall–Kier alpha value is -0.370. The second-order valence-corrected chi connectivity index (χ2v) is 4.45. The van der Waals surface area contributed by atoms with Gasteiger partial charge < -0.3 is 5.11 Å². The molecule has 0 aromatic carbocycles. The molecule has 2 heteroatoms. The van der Waals surface area contributed by atoms with Crippen LogP contribution >= 0.6 is 0 Å². The molecule has 1 fully saturated rings. The van der Waals surface area contributed by atoms with E-state index < -0.39 is 5.60 Å². The third kappa shape index (κ3) is 4.41. The van der Waals surface area contributed by atoms with E-state index in [0.717, 1.165) is 51.4 Å². The van der Waals surface area contributed by atoms with Crippen LogP contribution in [0.25, 0.3) is 0 Å². The summed E-state index contributed by atoms with van der Waals surface area (Å²) in [5.41, 5.74) is -0.486. The van der Waals surface area contributed by atoms with Crippen molar-refractivity contribution in [3.63, 3.8) is 0 Å². The molecule has 76 valence electrons. The van der Waals surface area contributed by atoms with Gasteiger partial charge in [-0.25, -0.2) is 0 Å². The van der Waals surface area contributed by atoms with Gasteiger partial charge in [0, 0.05) is 12.8 Å². The van der Waals surface area contributed by atoms with Crippen molar-refractivity contribution in [1.29, 1.82) is 0 Å². The number of ketones is 1. The van der Waals surface area contributed by atoms with Crippen molar-refractivity contribution < 1.29 is 9.90 Å². The first kappa shape index (κ1) is 10.7. The second-order valence-electron chi connectivity index (χ2n) is 4.45. The summed E-state index contributed by atoms with van der Waals surface area (Å²) in [6, 6.07) is 0. The first-order chi connectivity index (χ1) is 6.10. The van der Waals surface area contributed by atoms with Gasteiger partial charge in [-0.05, 0) is 32.6 Å². The van der Waals surface area contributed by atoms with E-state index >= 15 is 0 Å². The Bertz CT molecular complexity index is 157. The molecule has 0 aliphatic heterocycles. The highest BCUT2D eigenvalue weighted by atomic mass is 16.3. The molecule has 0 radical (unpaired) electrons. The van der Waals surface area contributed by atoms with Crippen LogP contribution in [-0.2, 0) is 4.79 Å². The zero-order valence-corrected chi connectivity index (χ0v) is 8.51. The predicted molar refractivity (Wildman–Crippen MR) is 52.6 cm³/mol. The van der Waals surface area contributed by atoms with Crippen molar-refractivity contribution in [2.45, 2.75) is 63.9 Å². The van der Waals surface area contributed by atoms with Crippen LogP contribution in [-0.4, -0.2) is 16.5 Å². The van der Waals surface area contributed by atoms with Crippen molar-refractivity contribution in [3.8, 4) is 0 Å². The molecule has 2 nitrogen and oxygen atoms in total. The Kier molecular flexibility index (Phi) is 3.91. The van der Waals surface area contributed by atoms with E-state index in [0.29, 0.717) is 5.78 Å². The molecule has 0 aromatic heterocycles. The number of hydrogen-bond acceptors (Lipinski definition) is 2. The third-order valence-electron chi connectivity index (χ3n) is 2.84. The smallest absolute Gasteiger partial charge is 0.132 e. The van der Waals surface area contributed by atoms with Crippen LogP contribution < -0.4 is 0 Å². The average molecular weight is 184 g/mol. The number of rotatable bonds is 0. The van der Waals surface area contributed by atoms with Crippen LogP contribution in [0.4, 0.5) is 0 Å². The largest absolute Gasteiger partial charge is 0.390 e. The molecule has 0 spiro atoms. The zero-order valence-electron chi connectivity index (χ0n) is 8.51. The molecular formula is C11H20O2. The first-order valence-corrected chi connectivity index (χ1v) is 5.34. The summed E-state index contributed by atoms with van der Waals surface area (Å²) in [5, 5.41) is 9.88. The summed E-state index contributed by atoms with van der Waals surface area (Å²) in [6.07, 6.45) is 7.01. The molecule has 13 heavy (non-hydrogen) atoms. The Morgan fingerprint density at radius 3 is 2.00 bits per heavy atom. The predicted octanol–water partition coefficient (Wildman–Crippen LogP) is 2.44. The fourth-order valence-corrected chi connectivity index (χ4v) is 1.91. The van der Waals surface area contributed by atoms with Crippen LogP contribution in [0.5, 0.6) is 0 Å². The van der Waals surface area contributed by atoms with E-state index in [2.05, 4.69) is 0 Å². The van der Waals surface area contributed by atoms with Gasteiger partial charge in [0.05, 0.1) is 5.60 Å². The average Bonchev–Trinajstić information content (AvgIpc) is 2.06. The van der Waals surface area contributed by atoms with Gasteiger partial charge >= 0.3 is 0 Å². The van der Waals surface area contributed by atoms with E-state index in [9.17, 15) is 9.90 Å². The van der Waals surface area contributed by atoms with Crippen LogP contribution in [0.1, 0.15) is 58.3 Å². The monoisotopic (exact) mass is 184 g/mol. The molecular weight excluding hydrogens is 164 g/mol. The molecule has 0 unspecified atom stereocenters. The quantitative estimate of drug-likeness (QED) is 0.628. The molecule has 0 atom stereocenters. The maximum atomic E-state index is 11.2. The molecule has 1 saturated carbocycles. The van der Waals surface area contributed by atoms with Crippen LogP contribution in [0.3, 0.4) is 0 Å². The third-order valence-corrected chi connectivity index (χ3v) is 2.84. The molecule has 1 N–H and O–H groups in total. The van der Waals surface area contributed by atoms with Crippen LogP contribution in [0, 0.1) is 0 Å². The minimum Gasteiger partial charge on any atom is -0.390 e. The van der Waals surface area contributed by atoms with Gasteiger partial charge in [-0.3, -0.25) is 4.79 Å². The minimum absolute atomic E-state index is 0.404. The lowest BCUT2D eigenvalue weighted by molar-refractivity contribution is -0.119. The molecule has 1 aliphatic rings. The van der Waals surface area contributed by atoms with E-state index in [1.54, 1.807) is 0 Å². The highest BCUT2D eigenvalue weighted by Crippen LogP contribution is 2.23. The highest BCUT2D eigenvalue weighted by molar-refractivity contribution is 5.78. The number of carbonyl (C=O) groups excluding carboxylic acids is 1. The maximum Gasteiger partial charge on any atom is 0.132 e. The Morgan fingerprint density at radius 1 is 1.08 bits per heavy atom. The summed E-state index contributed by atoms with van der Waals surface area (Å²) < 4.78 is 0. The topological polar surface area (TPSA) is 37.3 Å². The molecule has 0 heterocycles. The molecule has 0 aromatic rings. The van der Waals surface area contributed by atoms with Gasteiger partial charge in [-0.1, -0.05) is 12.8 Å². The minimum atomic E-state index is -0.486. The Balaban J connectivity index is 2.37. The molecule has 1 rings (SSSR count). The lowest BCUT2D eigenvalue weighted by Crippen LogP contribution is -2.24. The van der Waals surface area contributed by atoms with Gasteiger partial charge in [0.2, 0.25) is 0 Å². The number of hydrogen-bond donors (Lipinski definition) is 1. The number of Topliss-reactive ketones (excluding diaryl/α,β-unsaturated/α-hetero) is 1. The van der Waals surface area contributed by atoms with E-state index in [4.69, 9.17) is 0 Å². The lowest BCUT2D eigenvalue weighted by atomic mass is 9.90.